The molecule has 21 heavy (non-hydrogen) atoms. The highest BCUT2D eigenvalue weighted by molar-refractivity contribution is 5.75. The quantitative estimate of drug-likeness (QED) is 0.379. The van der Waals surface area contributed by atoms with Gasteiger partial charge in [-0.15, -0.1) is 0 Å². The van der Waals surface area contributed by atoms with Gasteiger partial charge >= 0.3 is 0 Å². The highest BCUT2D eigenvalue weighted by Gasteiger charge is 2.06. The zero-order valence-electron chi connectivity index (χ0n) is 15.0. The Bertz CT molecular complexity index is 246. The van der Waals surface area contributed by atoms with Crippen LogP contribution >= 0.6 is 0 Å². The third-order valence-corrected chi connectivity index (χ3v) is 3.84. The minimum Gasteiger partial charge on any atom is -0.356 e. The lowest BCUT2D eigenvalue weighted by Crippen LogP contribution is -2.37. The van der Waals surface area contributed by atoms with Crippen molar-refractivity contribution in [2.45, 2.75) is 77.6 Å². The first-order valence-electron chi connectivity index (χ1n) is 9.03. The summed E-state index contributed by atoms with van der Waals surface area (Å²) < 4.78 is 0.966. The molecule has 1 N–H and O–H groups in total. The average molecular weight is 300 g/mol. The van der Waals surface area contributed by atoms with Crippen LogP contribution in [0.15, 0.2) is 0 Å². The lowest BCUT2D eigenvalue weighted by atomic mass is 10.1. The highest BCUT2D eigenvalue weighted by Crippen LogP contribution is 2.10. The molecular weight excluding hydrogens is 260 g/mol. The number of quaternary nitrogens is 1. The number of nitrogens with one attached hydrogen (secondary N) is 1. The van der Waals surface area contributed by atoms with Crippen LogP contribution in [-0.4, -0.2) is 44.6 Å². The van der Waals surface area contributed by atoms with Crippen molar-refractivity contribution in [2.24, 2.45) is 0 Å². The standard InChI is InChI=1S/C18H38N2O/c1-5-6-7-8-9-10-11-12-13-15-18(21)19-16-14-17-20(2,3)4/h5-17H2,1-4H3/p+1. The largest absolute Gasteiger partial charge is 0.356 e. The molecule has 3 nitrogen and oxygen atoms in total. The topological polar surface area (TPSA) is 29.1 Å². The molecule has 0 atom stereocenters. The Morgan fingerprint density at radius 1 is 0.810 bits per heavy atom. The zero-order chi connectivity index (χ0) is 16.0. The Morgan fingerprint density at radius 2 is 1.33 bits per heavy atom. The number of unbranched alkanes of at least 4 members (excludes halogenated alkanes) is 8. The molecule has 0 bridgehead atoms. The normalized spacial score (nSPS) is 11.6. The predicted molar refractivity (Wildman–Crippen MR) is 92.4 cm³/mol. The van der Waals surface area contributed by atoms with Gasteiger partial charge in [0.15, 0.2) is 0 Å². The predicted octanol–water partition coefficient (Wildman–Crippen LogP) is 4.12. The maximum atomic E-state index is 11.7. The van der Waals surface area contributed by atoms with E-state index in [0.29, 0.717) is 6.42 Å². The summed E-state index contributed by atoms with van der Waals surface area (Å²) in [4.78, 5) is 11.7. The molecule has 0 radical (unpaired) electrons. The fourth-order valence-electron chi connectivity index (χ4n) is 2.47. The Labute approximate surface area is 133 Å². The van der Waals surface area contributed by atoms with Gasteiger partial charge in [-0.3, -0.25) is 4.79 Å². The van der Waals surface area contributed by atoms with Gasteiger partial charge in [-0.05, 0) is 6.42 Å². The molecule has 0 saturated heterocycles. The number of carbonyl (C=O) groups is 1. The molecule has 0 aliphatic rings. The van der Waals surface area contributed by atoms with Gasteiger partial charge in [0, 0.05) is 19.4 Å². The summed E-state index contributed by atoms with van der Waals surface area (Å²) in [5.41, 5.74) is 0. The summed E-state index contributed by atoms with van der Waals surface area (Å²) in [5.74, 6) is 0.236. The molecule has 126 valence electrons. The number of rotatable bonds is 14. The SMILES string of the molecule is CCCCCCCCCCCC(=O)NCCC[N+](C)(C)C. The van der Waals surface area contributed by atoms with E-state index in [2.05, 4.69) is 33.4 Å². The summed E-state index contributed by atoms with van der Waals surface area (Å²) in [5, 5.41) is 3.03. The number of hydrogen-bond donors (Lipinski definition) is 1. The van der Waals surface area contributed by atoms with Crippen molar-refractivity contribution in [3.8, 4) is 0 Å². The maximum Gasteiger partial charge on any atom is 0.219 e. The van der Waals surface area contributed by atoms with E-state index in [0.717, 1.165) is 30.4 Å². The van der Waals surface area contributed by atoms with Crippen LogP contribution in [-0.2, 0) is 4.79 Å². The van der Waals surface area contributed by atoms with Gasteiger partial charge in [-0.25, -0.2) is 0 Å². The van der Waals surface area contributed by atoms with E-state index >= 15 is 0 Å². The third-order valence-electron chi connectivity index (χ3n) is 3.84. The molecule has 0 aromatic rings. The first-order chi connectivity index (χ1) is 9.95. The Hall–Kier alpha value is -0.570. The minimum atomic E-state index is 0.236. The summed E-state index contributed by atoms with van der Waals surface area (Å²) in [6.45, 7) is 4.19. The van der Waals surface area contributed by atoms with Crippen LogP contribution in [0.1, 0.15) is 77.6 Å². The smallest absolute Gasteiger partial charge is 0.219 e. The van der Waals surface area contributed by atoms with E-state index in [1.807, 2.05) is 0 Å². The highest BCUT2D eigenvalue weighted by atomic mass is 16.1. The summed E-state index contributed by atoms with van der Waals surface area (Å²) in [7, 11) is 6.55. The zero-order valence-corrected chi connectivity index (χ0v) is 15.0. The molecule has 0 aromatic carbocycles. The first kappa shape index (κ1) is 20.4. The molecule has 0 unspecified atom stereocenters. The monoisotopic (exact) mass is 299 g/mol. The Kier molecular flexibility index (Phi) is 12.8. The molecule has 3 heteroatoms. The van der Waals surface area contributed by atoms with Crippen molar-refractivity contribution in [1.82, 2.24) is 5.32 Å². The van der Waals surface area contributed by atoms with Gasteiger partial charge in [-0.1, -0.05) is 58.3 Å². The second kappa shape index (κ2) is 13.1. The minimum absolute atomic E-state index is 0.236. The second-order valence-electron chi connectivity index (χ2n) is 7.30. The fourth-order valence-corrected chi connectivity index (χ4v) is 2.47. The Balaban J connectivity index is 3.23. The van der Waals surface area contributed by atoms with Crippen molar-refractivity contribution in [3.05, 3.63) is 0 Å². The van der Waals surface area contributed by atoms with E-state index in [1.165, 1.54) is 51.4 Å². The fraction of sp³-hybridized carbons (Fsp3) is 0.944. The van der Waals surface area contributed by atoms with Crippen LogP contribution in [0.2, 0.25) is 0 Å². The molecule has 0 saturated carbocycles. The van der Waals surface area contributed by atoms with Crippen LogP contribution < -0.4 is 5.32 Å². The lowest BCUT2D eigenvalue weighted by molar-refractivity contribution is -0.870. The van der Waals surface area contributed by atoms with E-state index in [1.54, 1.807) is 0 Å². The van der Waals surface area contributed by atoms with E-state index in [9.17, 15) is 4.79 Å². The molecule has 0 aliphatic carbocycles. The van der Waals surface area contributed by atoms with Gasteiger partial charge in [0.25, 0.3) is 0 Å². The molecule has 0 heterocycles. The van der Waals surface area contributed by atoms with Crippen molar-refractivity contribution in [3.63, 3.8) is 0 Å². The summed E-state index contributed by atoms with van der Waals surface area (Å²) >= 11 is 0. The van der Waals surface area contributed by atoms with E-state index in [4.69, 9.17) is 0 Å². The maximum absolute atomic E-state index is 11.7. The Morgan fingerprint density at radius 3 is 1.86 bits per heavy atom. The number of hydrogen-bond acceptors (Lipinski definition) is 1. The first-order valence-corrected chi connectivity index (χ1v) is 9.03. The van der Waals surface area contributed by atoms with Crippen LogP contribution in [0.5, 0.6) is 0 Å². The molecule has 0 aromatic heterocycles. The summed E-state index contributed by atoms with van der Waals surface area (Å²) in [6.07, 6.45) is 13.5. The van der Waals surface area contributed by atoms with Crippen LogP contribution in [0.3, 0.4) is 0 Å². The van der Waals surface area contributed by atoms with E-state index in [-0.39, 0.29) is 5.91 Å². The molecule has 1 amide bonds. The van der Waals surface area contributed by atoms with Crippen LogP contribution in [0.25, 0.3) is 0 Å². The van der Waals surface area contributed by atoms with Crippen molar-refractivity contribution >= 4 is 5.91 Å². The van der Waals surface area contributed by atoms with Crippen molar-refractivity contribution < 1.29 is 9.28 Å². The molecule has 0 spiro atoms. The van der Waals surface area contributed by atoms with Gasteiger partial charge in [0.05, 0.1) is 27.7 Å². The van der Waals surface area contributed by atoms with Gasteiger partial charge in [0.2, 0.25) is 5.91 Å². The average Bonchev–Trinajstić information content (AvgIpc) is 2.41. The number of nitrogens with zero attached hydrogens (tertiary/aromatic N) is 1. The molecular formula is C18H39N2O+. The molecule has 0 fully saturated rings. The van der Waals surface area contributed by atoms with Gasteiger partial charge < -0.3 is 9.80 Å². The van der Waals surface area contributed by atoms with Gasteiger partial charge in [-0.2, -0.15) is 0 Å². The van der Waals surface area contributed by atoms with Crippen molar-refractivity contribution in [1.29, 1.82) is 0 Å². The second-order valence-corrected chi connectivity index (χ2v) is 7.30. The number of carbonyl (C=O) groups excluding carboxylic acids is 1. The third kappa shape index (κ3) is 17.4. The van der Waals surface area contributed by atoms with Crippen LogP contribution in [0, 0.1) is 0 Å². The van der Waals surface area contributed by atoms with Gasteiger partial charge in [0.1, 0.15) is 0 Å². The van der Waals surface area contributed by atoms with Crippen LogP contribution in [0.4, 0.5) is 0 Å². The van der Waals surface area contributed by atoms with E-state index < -0.39 is 0 Å². The number of amides is 1. The molecule has 0 aliphatic heterocycles. The lowest BCUT2D eigenvalue weighted by Gasteiger charge is -2.23. The summed E-state index contributed by atoms with van der Waals surface area (Å²) in [6, 6.07) is 0. The molecule has 0 rings (SSSR count). The van der Waals surface area contributed by atoms with Crippen molar-refractivity contribution in [2.75, 3.05) is 34.2 Å².